The topological polar surface area (TPSA) is 46.9 Å². The molecule has 0 aromatic carbocycles. The number of carbonyl (C=O) groups is 1. The van der Waals surface area contributed by atoms with Crippen LogP contribution in [0.25, 0.3) is 0 Å². The predicted octanol–water partition coefficient (Wildman–Crippen LogP) is 2.84. The molecule has 21 heavy (non-hydrogen) atoms. The lowest BCUT2D eigenvalue weighted by Gasteiger charge is -2.20. The van der Waals surface area contributed by atoms with Crippen LogP contribution in [0, 0.1) is 18.8 Å². The average Bonchev–Trinajstić information content (AvgIpc) is 3.27. The largest absolute Gasteiger partial charge is 0.355 e. The molecule has 4 nitrogen and oxygen atoms in total. The van der Waals surface area contributed by atoms with Gasteiger partial charge in [0.1, 0.15) is 5.82 Å². The molecule has 3 rings (SSSR count). The molecule has 1 aromatic rings. The van der Waals surface area contributed by atoms with Gasteiger partial charge in [0.15, 0.2) is 0 Å². The minimum absolute atomic E-state index is 0.256. The van der Waals surface area contributed by atoms with Crippen molar-refractivity contribution in [1.29, 1.82) is 0 Å². The summed E-state index contributed by atoms with van der Waals surface area (Å²) in [6.07, 6.45) is 11.4. The molecule has 1 heterocycles. The summed E-state index contributed by atoms with van der Waals surface area (Å²) in [5.41, 5.74) is 1.25. The average molecular weight is 289 g/mol. The van der Waals surface area contributed by atoms with Gasteiger partial charge in [0.05, 0.1) is 0 Å². The fourth-order valence-corrected chi connectivity index (χ4v) is 3.32. The first-order chi connectivity index (χ1) is 10.2. The maximum absolute atomic E-state index is 12.1. The van der Waals surface area contributed by atoms with E-state index in [0.29, 0.717) is 0 Å². The van der Waals surface area contributed by atoms with Crippen LogP contribution in [0.3, 0.4) is 0 Å². The molecule has 0 saturated heterocycles. The zero-order valence-electron chi connectivity index (χ0n) is 13.1. The van der Waals surface area contributed by atoms with Crippen molar-refractivity contribution in [3.05, 3.63) is 17.7 Å². The lowest BCUT2D eigenvalue weighted by molar-refractivity contribution is -0.125. The molecule has 0 bridgehead atoms. The quantitative estimate of drug-likeness (QED) is 0.875. The van der Waals surface area contributed by atoms with Gasteiger partial charge in [-0.05, 0) is 38.5 Å². The summed E-state index contributed by atoms with van der Waals surface area (Å²) in [5, 5.41) is 3.11. The molecule has 4 heteroatoms. The van der Waals surface area contributed by atoms with E-state index in [1.165, 1.54) is 37.8 Å². The van der Waals surface area contributed by atoms with Crippen LogP contribution in [-0.2, 0) is 17.8 Å². The number of imidazole rings is 1. The van der Waals surface area contributed by atoms with Crippen molar-refractivity contribution in [1.82, 2.24) is 14.9 Å². The second kappa shape index (κ2) is 6.63. The minimum atomic E-state index is 0.256. The van der Waals surface area contributed by atoms with Gasteiger partial charge in [0.2, 0.25) is 5.91 Å². The highest BCUT2D eigenvalue weighted by atomic mass is 16.1. The first kappa shape index (κ1) is 14.6. The van der Waals surface area contributed by atoms with Crippen LogP contribution in [0.2, 0.25) is 0 Å². The number of rotatable bonds is 6. The number of carbonyl (C=O) groups excluding carboxylic acids is 1. The molecule has 0 aliphatic heterocycles. The molecule has 2 fully saturated rings. The van der Waals surface area contributed by atoms with E-state index in [1.54, 1.807) is 0 Å². The van der Waals surface area contributed by atoms with Gasteiger partial charge in [-0.15, -0.1) is 0 Å². The van der Waals surface area contributed by atoms with E-state index in [2.05, 4.69) is 21.8 Å². The predicted molar refractivity (Wildman–Crippen MR) is 83.0 cm³/mol. The first-order valence-electron chi connectivity index (χ1n) is 8.53. The number of aryl methyl sites for hydroxylation is 1. The van der Waals surface area contributed by atoms with Gasteiger partial charge in [-0.2, -0.15) is 0 Å². The fraction of sp³-hybridized carbons (Fsp3) is 0.765. The Morgan fingerprint density at radius 2 is 2.05 bits per heavy atom. The zero-order chi connectivity index (χ0) is 14.7. The van der Waals surface area contributed by atoms with Crippen molar-refractivity contribution >= 4 is 5.91 Å². The number of hydrogen-bond acceptors (Lipinski definition) is 2. The molecular formula is C17H27N3O. The highest BCUT2D eigenvalue weighted by molar-refractivity contribution is 5.78. The number of nitrogens with one attached hydrogen (secondary N) is 1. The molecule has 1 amide bonds. The van der Waals surface area contributed by atoms with Crippen molar-refractivity contribution in [3.63, 3.8) is 0 Å². The zero-order valence-corrected chi connectivity index (χ0v) is 13.1. The Hall–Kier alpha value is -1.32. The van der Waals surface area contributed by atoms with Crippen molar-refractivity contribution in [2.75, 3.05) is 6.54 Å². The van der Waals surface area contributed by atoms with Crippen LogP contribution in [0.1, 0.15) is 56.5 Å². The lowest BCUT2D eigenvalue weighted by atomic mass is 9.89. The molecule has 0 unspecified atom stereocenters. The third kappa shape index (κ3) is 3.86. The van der Waals surface area contributed by atoms with Crippen molar-refractivity contribution in [2.24, 2.45) is 11.8 Å². The molecule has 0 atom stereocenters. The Bertz CT molecular complexity index is 484. The van der Waals surface area contributed by atoms with Crippen LogP contribution >= 0.6 is 0 Å². The van der Waals surface area contributed by atoms with E-state index in [0.717, 1.165) is 44.1 Å². The van der Waals surface area contributed by atoms with E-state index in [9.17, 15) is 4.79 Å². The summed E-state index contributed by atoms with van der Waals surface area (Å²) in [6, 6.07) is 0. The molecular weight excluding hydrogens is 262 g/mol. The fourth-order valence-electron chi connectivity index (χ4n) is 3.32. The van der Waals surface area contributed by atoms with Gasteiger partial charge in [0.25, 0.3) is 0 Å². The summed E-state index contributed by atoms with van der Waals surface area (Å²) < 4.78 is 2.34. The second-order valence-corrected chi connectivity index (χ2v) is 6.75. The van der Waals surface area contributed by atoms with E-state index in [-0.39, 0.29) is 11.8 Å². The summed E-state index contributed by atoms with van der Waals surface area (Å²) in [6.45, 7) is 3.95. The standard InChI is InChI=1S/C17H27N3O/c1-13-11-19-16(20(13)12-14-7-8-14)9-10-18-17(21)15-5-3-2-4-6-15/h11,14-15H,2-10,12H2,1H3,(H,18,21). The Morgan fingerprint density at radius 1 is 1.29 bits per heavy atom. The third-order valence-electron chi connectivity index (χ3n) is 4.90. The SMILES string of the molecule is Cc1cnc(CCNC(=O)C2CCCCC2)n1CC1CC1. The Labute approximate surface area is 127 Å². The van der Waals surface area contributed by atoms with E-state index < -0.39 is 0 Å². The molecule has 0 radical (unpaired) electrons. The highest BCUT2D eigenvalue weighted by Crippen LogP contribution is 2.31. The van der Waals surface area contributed by atoms with E-state index in [1.807, 2.05) is 6.20 Å². The van der Waals surface area contributed by atoms with Gasteiger partial charge >= 0.3 is 0 Å². The normalized spacial score (nSPS) is 19.7. The summed E-state index contributed by atoms with van der Waals surface area (Å²) in [7, 11) is 0. The van der Waals surface area contributed by atoms with E-state index >= 15 is 0 Å². The van der Waals surface area contributed by atoms with Crippen molar-refractivity contribution in [2.45, 2.75) is 64.8 Å². The van der Waals surface area contributed by atoms with Gasteiger partial charge < -0.3 is 9.88 Å². The van der Waals surface area contributed by atoms with E-state index in [4.69, 9.17) is 0 Å². The Balaban J connectivity index is 1.47. The van der Waals surface area contributed by atoms with Gasteiger partial charge in [-0.1, -0.05) is 19.3 Å². The molecule has 1 N–H and O–H groups in total. The van der Waals surface area contributed by atoms with Gasteiger partial charge in [0, 0.05) is 37.3 Å². The number of aromatic nitrogens is 2. The van der Waals surface area contributed by atoms with Gasteiger partial charge in [-0.3, -0.25) is 4.79 Å². The lowest BCUT2D eigenvalue weighted by Crippen LogP contribution is -2.33. The molecule has 2 aliphatic rings. The molecule has 2 saturated carbocycles. The van der Waals surface area contributed by atoms with Crippen LogP contribution in [0.5, 0.6) is 0 Å². The summed E-state index contributed by atoms with van der Waals surface area (Å²) in [4.78, 5) is 16.6. The highest BCUT2D eigenvalue weighted by Gasteiger charge is 2.24. The minimum Gasteiger partial charge on any atom is -0.355 e. The Kier molecular flexibility index (Phi) is 4.61. The maximum atomic E-state index is 12.1. The third-order valence-corrected chi connectivity index (χ3v) is 4.90. The number of amides is 1. The molecule has 116 valence electrons. The van der Waals surface area contributed by atoms with Crippen LogP contribution in [0.4, 0.5) is 0 Å². The van der Waals surface area contributed by atoms with Crippen LogP contribution in [-0.4, -0.2) is 22.0 Å². The molecule has 1 aromatic heterocycles. The van der Waals surface area contributed by atoms with Crippen LogP contribution < -0.4 is 5.32 Å². The smallest absolute Gasteiger partial charge is 0.223 e. The monoisotopic (exact) mass is 289 g/mol. The number of hydrogen-bond donors (Lipinski definition) is 1. The first-order valence-corrected chi connectivity index (χ1v) is 8.53. The molecule has 2 aliphatic carbocycles. The van der Waals surface area contributed by atoms with Gasteiger partial charge in [-0.25, -0.2) is 4.98 Å². The van der Waals surface area contributed by atoms with Crippen molar-refractivity contribution < 1.29 is 4.79 Å². The second-order valence-electron chi connectivity index (χ2n) is 6.75. The summed E-state index contributed by atoms with van der Waals surface area (Å²) >= 11 is 0. The molecule has 0 spiro atoms. The maximum Gasteiger partial charge on any atom is 0.223 e. The van der Waals surface area contributed by atoms with Crippen LogP contribution in [0.15, 0.2) is 6.20 Å². The summed E-state index contributed by atoms with van der Waals surface area (Å²) in [5.74, 6) is 2.50. The number of nitrogens with zero attached hydrogens (tertiary/aromatic N) is 2. The van der Waals surface area contributed by atoms with Crippen molar-refractivity contribution in [3.8, 4) is 0 Å². The Morgan fingerprint density at radius 3 is 2.76 bits per heavy atom.